The number of hydrogen-bond acceptors (Lipinski definition) is 4. The maximum atomic E-state index is 4.60. The van der Waals surface area contributed by atoms with Gasteiger partial charge >= 0.3 is 0 Å². The first kappa shape index (κ1) is 10.9. The van der Waals surface area contributed by atoms with Crippen molar-refractivity contribution in [3.05, 3.63) is 22.8 Å². The molecule has 0 atom stereocenters. The molecule has 0 radical (unpaired) electrons. The molecule has 90 valence electrons. The van der Waals surface area contributed by atoms with Crippen LogP contribution in [0, 0.1) is 6.92 Å². The summed E-state index contributed by atoms with van der Waals surface area (Å²) in [6.07, 6.45) is 4.60. The van der Waals surface area contributed by atoms with Crippen molar-refractivity contribution < 1.29 is 0 Å². The molecule has 2 heterocycles. The lowest BCUT2D eigenvalue weighted by Gasteiger charge is -1.99. The Kier molecular flexibility index (Phi) is 2.72. The fraction of sp³-hybridized carbons (Fsp3) is 0.500. The van der Waals surface area contributed by atoms with Crippen molar-refractivity contribution in [3.63, 3.8) is 0 Å². The van der Waals surface area contributed by atoms with Crippen molar-refractivity contribution >= 4 is 11.3 Å². The second-order valence-corrected chi connectivity index (χ2v) is 5.64. The SMILES string of the molecule is Cc1nc(-c2ccn(C)n2)sc1CNC1CC1. The molecular formula is C12H16N4S. The van der Waals surface area contributed by atoms with Gasteiger partial charge in [0.2, 0.25) is 0 Å². The zero-order valence-corrected chi connectivity index (χ0v) is 10.9. The summed E-state index contributed by atoms with van der Waals surface area (Å²) in [5, 5.41) is 8.94. The molecule has 4 nitrogen and oxygen atoms in total. The van der Waals surface area contributed by atoms with Crippen LogP contribution in [-0.2, 0) is 13.6 Å². The van der Waals surface area contributed by atoms with Gasteiger partial charge in [0.15, 0.2) is 0 Å². The molecule has 1 fully saturated rings. The third kappa shape index (κ3) is 2.40. The van der Waals surface area contributed by atoms with Crippen molar-refractivity contribution in [1.29, 1.82) is 0 Å². The molecule has 2 aromatic rings. The van der Waals surface area contributed by atoms with E-state index in [-0.39, 0.29) is 0 Å². The Balaban J connectivity index is 1.79. The molecule has 17 heavy (non-hydrogen) atoms. The predicted octanol–water partition coefficient (Wildman–Crippen LogP) is 2.10. The summed E-state index contributed by atoms with van der Waals surface area (Å²) in [6, 6.07) is 2.76. The molecule has 2 aromatic heterocycles. The molecule has 0 amide bonds. The van der Waals surface area contributed by atoms with E-state index in [1.54, 1.807) is 11.3 Å². The van der Waals surface area contributed by atoms with Crippen LogP contribution in [-0.4, -0.2) is 20.8 Å². The zero-order chi connectivity index (χ0) is 11.8. The molecule has 3 rings (SSSR count). The number of aryl methyl sites for hydroxylation is 2. The molecule has 1 N–H and O–H groups in total. The molecule has 1 aliphatic rings. The smallest absolute Gasteiger partial charge is 0.144 e. The summed E-state index contributed by atoms with van der Waals surface area (Å²) < 4.78 is 1.81. The molecule has 0 aromatic carbocycles. The van der Waals surface area contributed by atoms with Crippen LogP contribution in [0.3, 0.4) is 0 Å². The normalized spacial score (nSPS) is 15.4. The highest BCUT2D eigenvalue weighted by atomic mass is 32.1. The first-order valence-corrected chi connectivity index (χ1v) is 6.74. The largest absolute Gasteiger partial charge is 0.309 e. The maximum absolute atomic E-state index is 4.60. The predicted molar refractivity (Wildman–Crippen MR) is 68.9 cm³/mol. The van der Waals surface area contributed by atoms with Gasteiger partial charge in [0.25, 0.3) is 0 Å². The number of thiazole rings is 1. The average Bonchev–Trinajstić information content (AvgIpc) is 2.92. The zero-order valence-electron chi connectivity index (χ0n) is 10.1. The lowest BCUT2D eigenvalue weighted by atomic mass is 10.4. The molecule has 0 aliphatic heterocycles. The first-order valence-electron chi connectivity index (χ1n) is 5.92. The molecule has 5 heteroatoms. The number of nitrogens with zero attached hydrogens (tertiary/aromatic N) is 3. The summed E-state index contributed by atoms with van der Waals surface area (Å²) >= 11 is 1.75. The van der Waals surface area contributed by atoms with Crippen LogP contribution in [0.5, 0.6) is 0 Å². The molecule has 0 bridgehead atoms. The van der Waals surface area contributed by atoms with Gasteiger partial charge < -0.3 is 5.32 Å². The van der Waals surface area contributed by atoms with Crippen molar-refractivity contribution in [3.8, 4) is 10.7 Å². The minimum atomic E-state index is 0.745. The molecule has 0 unspecified atom stereocenters. The van der Waals surface area contributed by atoms with Crippen LogP contribution in [0.25, 0.3) is 10.7 Å². The molecule has 0 spiro atoms. The molecule has 0 saturated heterocycles. The highest BCUT2D eigenvalue weighted by molar-refractivity contribution is 7.15. The Morgan fingerprint density at radius 3 is 3.00 bits per heavy atom. The Labute approximate surface area is 105 Å². The number of aromatic nitrogens is 3. The quantitative estimate of drug-likeness (QED) is 0.901. The van der Waals surface area contributed by atoms with Crippen LogP contribution in [0.4, 0.5) is 0 Å². The third-order valence-electron chi connectivity index (χ3n) is 2.95. The van der Waals surface area contributed by atoms with E-state index in [9.17, 15) is 0 Å². The van der Waals surface area contributed by atoms with Gasteiger partial charge in [-0.15, -0.1) is 11.3 Å². The maximum Gasteiger partial charge on any atom is 0.144 e. The number of hydrogen-bond donors (Lipinski definition) is 1. The summed E-state index contributed by atoms with van der Waals surface area (Å²) in [7, 11) is 1.93. The monoisotopic (exact) mass is 248 g/mol. The lowest BCUT2D eigenvalue weighted by molar-refractivity contribution is 0.691. The second-order valence-electron chi connectivity index (χ2n) is 4.56. The van der Waals surface area contributed by atoms with Gasteiger partial charge in [-0.1, -0.05) is 0 Å². The highest BCUT2D eigenvalue weighted by Crippen LogP contribution is 2.27. The summed E-state index contributed by atoms with van der Waals surface area (Å²) in [5.41, 5.74) is 2.10. The van der Waals surface area contributed by atoms with Gasteiger partial charge in [-0.2, -0.15) is 5.10 Å². The van der Waals surface area contributed by atoms with Gasteiger partial charge in [0.05, 0.1) is 5.69 Å². The van der Waals surface area contributed by atoms with Crippen molar-refractivity contribution in [1.82, 2.24) is 20.1 Å². The standard InChI is InChI=1S/C12H16N4S/c1-8-11(7-13-9-3-4-9)17-12(14-8)10-5-6-16(2)15-10/h5-6,9,13H,3-4,7H2,1-2H3. The van der Waals surface area contributed by atoms with Crippen LogP contribution in [0.15, 0.2) is 12.3 Å². The second kappa shape index (κ2) is 4.23. The van der Waals surface area contributed by atoms with Gasteiger partial charge in [-0.3, -0.25) is 4.68 Å². The van der Waals surface area contributed by atoms with Gasteiger partial charge in [-0.05, 0) is 25.8 Å². The average molecular weight is 248 g/mol. The van der Waals surface area contributed by atoms with Crippen LogP contribution >= 0.6 is 11.3 Å². The minimum absolute atomic E-state index is 0.745. The van der Waals surface area contributed by atoms with E-state index in [1.807, 2.05) is 24.0 Å². The van der Waals surface area contributed by atoms with Crippen molar-refractivity contribution in [2.75, 3.05) is 0 Å². The summed E-state index contributed by atoms with van der Waals surface area (Å²) in [6.45, 7) is 3.02. The summed E-state index contributed by atoms with van der Waals surface area (Å²) in [4.78, 5) is 5.93. The molecule has 1 saturated carbocycles. The fourth-order valence-electron chi connectivity index (χ4n) is 1.76. The van der Waals surface area contributed by atoms with E-state index < -0.39 is 0 Å². The van der Waals surface area contributed by atoms with Crippen molar-refractivity contribution in [2.24, 2.45) is 7.05 Å². The fourth-order valence-corrected chi connectivity index (χ4v) is 2.73. The van der Waals surface area contributed by atoms with E-state index in [4.69, 9.17) is 0 Å². The van der Waals surface area contributed by atoms with Crippen molar-refractivity contribution in [2.45, 2.75) is 32.4 Å². The molecular weight excluding hydrogens is 232 g/mol. The van der Waals surface area contributed by atoms with Gasteiger partial charge in [0, 0.05) is 30.7 Å². The summed E-state index contributed by atoms with van der Waals surface area (Å²) in [5.74, 6) is 0. The Morgan fingerprint density at radius 2 is 2.35 bits per heavy atom. The Morgan fingerprint density at radius 1 is 1.53 bits per heavy atom. The topological polar surface area (TPSA) is 42.7 Å². The minimum Gasteiger partial charge on any atom is -0.309 e. The number of rotatable bonds is 4. The Bertz CT molecular complexity index is 524. The van der Waals surface area contributed by atoms with Gasteiger partial charge in [-0.25, -0.2) is 4.98 Å². The van der Waals surface area contributed by atoms with E-state index in [2.05, 4.69) is 22.3 Å². The van der Waals surface area contributed by atoms with Crippen LogP contribution in [0.1, 0.15) is 23.4 Å². The molecule has 1 aliphatic carbocycles. The lowest BCUT2D eigenvalue weighted by Crippen LogP contribution is -2.14. The van der Waals surface area contributed by atoms with Crippen LogP contribution < -0.4 is 5.32 Å². The van der Waals surface area contributed by atoms with E-state index in [0.717, 1.165) is 29.0 Å². The van der Waals surface area contributed by atoms with E-state index in [1.165, 1.54) is 17.7 Å². The van der Waals surface area contributed by atoms with E-state index >= 15 is 0 Å². The number of nitrogens with one attached hydrogen (secondary N) is 1. The van der Waals surface area contributed by atoms with E-state index in [0.29, 0.717) is 0 Å². The van der Waals surface area contributed by atoms with Crippen LogP contribution in [0.2, 0.25) is 0 Å². The third-order valence-corrected chi connectivity index (χ3v) is 4.13. The first-order chi connectivity index (χ1) is 8.22. The van der Waals surface area contributed by atoms with Gasteiger partial charge in [0.1, 0.15) is 10.7 Å². The highest BCUT2D eigenvalue weighted by Gasteiger charge is 2.21. The Hall–Kier alpha value is -1.20.